The number of allylic oxidation sites excluding steroid dienone is 1. The van der Waals surface area contributed by atoms with Crippen LogP contribution in [0.3, 0.4) is 0 Å². The fraction of sp³-hybridized carbons (Fsp3) is 0.667. The molecule has 34 heavy (non-hydrogen) atoms. The molecule has 0 saturated heterocycles. The molecule has 1 fully saturated rings. The molecule has 1 saturated carbocycles. The molecule has 1 aliphatic rings. The number of carboxylic acid groups (broad SMARTS) is 1. The topological polar surface area (TPSA) is 54.4 Å². The van der Waals surface area contributed by atoms with E-state index < -0.39 is 14.0 Å². The maximum Gasteiger partial charge on any atom is 0.307 e. The summed E-state index contributed by atoms with van der Waals surface area (Å²) in [5.74, 6) is 0.454. The van der Waals surface area contributed by atoms with Crippen molar-refractivity contribution in [3.8, 4) is 0 Å². The minimum atomic E-state index is -1.52. The van der Waals surface area contributed by atoms with Crippen LogP contribution in [0.1, 0.15) is 83.6 Å². The van der Waals surface area contributed by atoms with E-state index in [0.717, 1.165) is 57.8 Å². The highest BCUT2D eigenvalue weighted by atomic mass is 28.3. The first kappa shape index (κ1) is 28.6. The Morgan fingerprint density at radius 1 is 1.06 bits per heavy atom. The molecule has 4 atom stereocenters. The summed E-state index contributed by atoms with van der Waals surface area (Å²) in [7, 11) is -1.52. The van der Waals surface area contributed by atoms with E-state index in [1.807, 2.05) is 6.07 Å². The fourth-order valence-electron chi connectivity index (χ4n) is 5.67. The van der Waals surface area contributed by atoms with E-state index in [1.54, 1.807) is 0 Å². The van der Waals surface area contributed by atoms with Crippen LogP contribution in [-0.4, -0.2) is 24.9 Å². The van der Waals surface area contributed by atoms with E-state index in [0.29, 0.717) is 30.5 Å². The molecule has 4 heteroatoms. The Bertz CT molecular complexity index is 793. The van der Waals surface area contributed by atoms with Crippen LogP contribution in [-0.2, 0) is 16.0 Å². The van der Waals surface area contributed by atoms with Gasteiger partial charge in [-0.05, 0) is 68.3 Å². The van der Waals surface area contributed by atoms with Gasteiger partial charge in [0.15, 0.2) is 0 Å². The third kappa shape index (κ3) is 9.52. The minimum absolute atomic E-state index is 0.137. The second-order valence-electron chi connectivity index (χ2n) is 11.6. The predicted octanol–water partition coefficient (Wildman–Crippen LogP) is 8.11. The molecule has 1 aromatic rings. The molecule has 0 heterocycles. The Balaban J connectivity index is 2.02. The van der Waals surface area contributed by atoms with Gasteiger partial charge in [0.25, 0.3) is 0 Å². The summed E-state index contributed by atoms with van der Waals surface area (Å²) in [4.78, 5) is 25.0. The molecule has 0 unspecified atom stereocenters. The summed E-state index contributed by atoms with van der Waals surface area (Å²) in [6.07, 6.45) is 10.0. The molecule has 0 spiro atoms. The Morgan fingerprint density at radius 2 is 1.76 bits per heavy atom. The normalized spacial score (nSPS) is 23.1. The maximum absolute atomic E-state index is 12.8. The van der Waals surface area contributed by atoms with Crippen LogP contribution in [0.4, 0.5) is 0 Å². The highest BCUT2D eigenvalue weighted by molar-refractivity contribution is 6.81. The molecular weight excluding hydrogens is 436 g/mol. The highest BCUT2D eigenvalue weighted by Gasteiger charge is 2.39. The lowest BCUT2D eigenvalue weighted by molar-refractivity contribution is -0.144. The van der Waals surface area contributed by atoms with Gasteiger partial charge in [-0.15, -0.1) is 0 Å². The largest absolute Gasteiger partial charge is 0.481 e. The average molecular weight is 485 g/mol. The number of aliphatic carboxylic acids is 1. The smallest absolute Gasteiger partial charge is 0.307 e. The SMILES string of the molecule is CCCC[C@@H](C(=O)O)[C@@H]1CC[C@@H](C)[C@H](CCC(=O)CCCCc2ccccc2)/C1=C\[Si](C)(C)C. The van der Waals surface area contributed by atoms with Crippen molar-refractivity contribution < 1.29 is 14.7 Å². The van der Waals surface area contributed by atoms with E-state index in [4.69, 9.17) is 0 Å². The molecule has 1 N–H and O–H groups in total. The van der Waals surface area contributed by atoms with Gasteiger partial charge in [0.1, 0.15) is 5.78 Å². The summed E-state index contributed by atoms with van der Waals surface area (Å²) in [5.41, 5.74) is 5.22. The van der Waals surface area contributed by atoms with Crippen LogP contribution in [0.25, 0.3) is 0 Å². The van der Waals surface area contributed by atoms with Crippen molar-refractivity contribution >= 4 is 19.8 Å². The van der Waals surface area contributed by atoms with Gasteiger partial charge in [-0.25, -0.2) is 0 Å². The standard InChI is InChI=1S/C30H48O3Si/c1-6-7-17-28(30(32)33)27-20-18-23(2)26(29(27)22-34(3,4)5)21-19-25(31)16-12-11-15-24-13-9-8-10-14-24/h8-10,13-14,22-23,26-28H,6-7,11-12,15-21H2,1-5H3,(H,32,33)/b29-22+/t23-,26+,27+,28-/m1/s1. The van der Waals surface area contributed by atoms with Crippen molar-refractivity contribution in [1.29, 1.82) is 0 Å². The molecule has 1 aliphatic carbocycles. The molecule has 0 bridgehead atoms. The van der Waals surface area contributed by atoms with E-state index in [9.17, 15) is 14.7 Å². The van der Waals surface area contributed by atoms with Crippen LogP contribution in [0.15, 0.2) is 41.6 Å². The first-order chi connectivity index (χ1) is 16.1. The van der Waals surface area contributed by atoms with Crippen molar-refractivity contribution in [2.45, 2.75) is 104 Å². The van der Waals surface area contributed by atoms with Crippen molar-refractivity contribution in [3.05, 3.63) is 47.2 Å². The lowest BCUT2D eigenvalue weighted by atomic mass is 9.65. The second kappa shape index (κ2) is 14.0. The molecule has 0 aliphatic heterocycles. The molecule has 3 nitrogen and oxygen atoms in total. The van der Waals surface area contributed by atoms with Gasteiger partial charge < -0.3 is 5.11 Å². The summed E-state index contributed by atoms with van der Waals surface area (Å²) < 4.78 is 0. The van der Waals surface area contributed by atoms with Crippen molar-refractivity contribution in [2.75, 3.05) is 0 Å². The van der Waals surface area contributed by atoms with E-state index >= 15 is 0 Å². The lowest BCUT2D eigenvalue weighted by Crippen LogP contribution is -2.36. The number of carbonyl (C=O) groups excluding carboxylic acids is 1. The van der Waals surface area contributed by atoms with E-state index in [2.05, 4.69) is 63.5 Å². The zero-order chi connectivity index (χ0) is 25.1. The molecule has 0 amide bonds. The van der Waals surface area contributed by atoms with Gasteiger partial charge in [-0.1, -0.05) is 87.9 Å². The van der Waals surface area contributed by atoms with Gasteiger partial charge in [0.05, 0.1) is 14.0 Å². The van der Waals surface area contributed by atoms with Crippen molar-refractivity contribution in [3.63, 3.8) is 0 Å². The monoisotopic (exact) mass is 484 g/mol. The fourth-order valence-corrected chi connectivity index (χ4v) is 7.10. The number of aryl methyl sites for hydroxylation is 1. The van der Waals surface area contributed by atoms with Crippen LogP contribution in [0, 0.1) is 23.7 Å². The third-order valence-corrected chi connectivity index (χ3v) is 8.69. The Labute approximate surface area is 209 Å². The number of hydrogen-bond donors (Lipinski definition) is 1. The lowest BCUT2D eigenvalue weighted by Gasteiger charge is -2.41. The number of ketones is 1. The van der Waals surface area contributed by atoms with Crippen LogP contribution >= 0.6 is 0 Å². The molecular formula is C30H48O3Si. The highest BCUT2D eigenvalue weighted by Crippen LogP contribution is 2.46. The predicted molar refractivity (Wildman–Crippen MR) is 146 cm³/mol. The first-order valence-electron chi connectivity index (χ1n) is 13.6. The van der Waals surface area contributed by atoms with Crippen LogP contribution in [0.2, 0.25) is 19.6 Å². The van der Waals surface area contributed by atoms with Crippen LogP contribution < -0.4 is 0 Å². The first-order valence-corrected chi connectivity index (χ1v) is 17.2. The molecule has 0 radical (unpaired) electrons. The average Bonchev–Trinajstić information content (AvgIpc) is 2.77. The minimum Gasteiger partial charge on any atom is -0.481 e. The Morgan fingerprint density at radius 3 is 2.38 bits per heavy atom. The van der Waals surface area contributed by atoms with Gasteiger partial charge in [0, 0.05) is 12.8 Å². The van der Waals surface area contributed by atoms with E-state index in [-0.39, 0.29) is 11.8 Å². The van der Waals surface area contributed by atoms with Gasteiger partial charge in [-0.3, -0.25) is 9.59 Å². The zero-order valence-electron chi connectivity index (χ0n) is 22.3. The number of rotatable bonds is 14. The number of benzene rings is 1. The number of hydrogen-bond acceptors (Lipinski definition) is 2. The Kier molecular flexibility index (Phi) is 11.8. The van der Waals surface area contributed by atoms with E-state index in [1.165, 1.54) is 11.1 Å². The summed E-state index contributed by atoms with van der Waals surface area (Å²) in [6, 6.07) is 10.5. The molecule has 2 rings (SSSR count). The number of carboxylic acids is 1. The van der Waals surface area contributed by atoms with Gasteiger partial charge >= 0.3 is 5.97 Å². The van der Waals surface area contributed by atoms with Crippen molar-refractivity contribution in [2.24, 2.45) is 23.7 Å². The quantitative estimate of drug-likeness (QED) is 0.214. The molecule has 0 aromatic heterocycles. The summed E-state index contributed by atoms with van der Waals surface area (Å²) in [5, 5.41) is 10.1. The number of carbonyl (C=O) groups is 2. The zero-order valence-corrected chi connectivity index (χ0v) is 23.3. The molecule has 1 aromatic carbocycles. The molecule has 190 valence electrons. The number of Topliss-reactive ketones (excluding diaryl/α,β-unsaturated/α-hetero) is 1. The second-order valence-corrected chi connectivity index (χ2v) is 16.7. The summed E-state index contributed by atoms with van der Waals surface area (Å²) in [6.45, 7) is 11.5. The van der Waals surface area contributed by atoms with Crippen molar-refractivity contribution in [1.82, 2.24) is 0 Å². The summed E-state index contributed by atoms with van der Waals surface area (Å²) >= 11 is 0. The maximum atomic E-state index is 12.8. The van der Waals surface area contributed by atoms with Gasteiger partial charge in [-0.2, -0.15) is 0 Å². The van der Waals surface area contributed by atoms with Gasteiger partial charge in [0.2, 0.25) is 0 Å². The third-order valence-electron chi connectivity index (χ3n) is 7.50. The van der Waals surface area contributed by atoms with Crippen LogP contribution in [0.5, 0.6) is 0 Å². The number of unbranched alkanes of at least 4 members (excludes halogenated alkanes) is 2. The Hall–Kier alpha value is -1.68.